The van der Waals surface area contributed by atoms with Crippen molar-refractivity contribution in [3.8, 4) is 0 Å². The van der Waals surface area contributed by atoms with Gasteiger partial charge >= 0.3 is 0 Å². The number of halogens is 1. The first-order valence-corrected chi connectivity index (χ1v) is 10.0. The van der Waals surface area contributed by atoms with Gasteiger partial charge in [0.2, 0.25) is 0 Å². The maximum Gasteiger partial charge on any atom is 0.110 e. The molecule has 0 fully saturated rings. The van der Waals surface area contributed by atoms with Crippen LogP contribution >= 0.6 is 23.0 Å². The van der Waals surface area contributed by atoms with Gasteiger partial charge < -0.3 is 7.80 Å². The van der Waals surface area contributed by atoms with Crippen LogP contribution in [0.1, 0.15) is 67.2 Å². The molecule has 0 spiro atoms. The SMILES string of the molecule is CCOC1C(CCC(C)CCC=C(C)C)=CC(OI)C(C)C1C. The average molecular weight is 434 g/mol. The minimum Gasteiger partial charge on any atom is -0.374 e. The predicted octanol–water partition coefficient (Wildman–Crippen LogP) is 6.50. The van der Waals surface area contributed by atoms with Crippen LogP contribution < -0.4 is 0 Å². The summed E-state index contributed by atoms with van der Waals surface area (Å²) in [4.78, 5) is 0. The molecule has 0 aliphatic heterocycles. The molecule has 0 amide bonds. The van der Waals surface area contributed by atoms with Gasteiger partial charge in [-0.25, -0.2) is 0 Å². The highest BCUT2D eigenvalue weighted by Gasteiger charge is 2.35. The normalized spacial score (nSPS) is 29.1. The molecule has 0 radical (unpaired) electrons. The average Bonchev–Trinajstić information content (AvgIpc) is 2.51. The molecule has 0 heterocycles. The van der Waals surface area contributed by atoms with E-state index in [9.17, 15) is 0 Å². The van der Waals surface area contributed by atoms with Crippen molar-refractivity contribution in [3.05, 3.63) is 23.3 Å². The van der Waals surface area contributed by atoms with Crippen LogP contribution in [-0.4, -0.2) is 18.8 Å². The number of hydrogen-bond donors (Lipinski definition) is 0. The van der Waals surface area contributed by atoms with Crippen molar-refractivity contribution in [2.75, 3.05) is 6.61 Å². The van der Waals surface area contributed by atoms with Gasteiger partial charge in [0.15, 0.2) is 0 Å². The fourth-order valence-electron chi connectivity index (χ4n) is 3.35. The van der Waals surface area contributed by atoms with E-state index >= 15 is 0 Å². The Labute approximate surface area is 157 Å². The van der Waals surface area contributed by atoms with Crippen molar-refractivity contribution < 1.29 is 7.80 Å². The third-order valence-corrected chi connectivity index (χ3v) is 5.74. The molecule has 5 unspecified atom stereocenters. The van der Waals surface area contributed by atoms with Crippen LogP contribution in [-0.2, 0) is 7.80 Å². The molecule has 0 saturated heterocycles. The lowest BCUT2D eigenvalue weighted by Crippen LogP contribution is -2.39. The second-order valence-corrected chi connectivity index (χ2v) is 7.90. The third-order valence-electron chi connectivity index (χ3n) is 5.16. The highest BCUT2D eigenvalue weighted by molar-refractivity contribution is 14.1. The second kappa shape index (κ2) is 10.9. The maximum atomic E-state index is 6.08. The van der Waals surface area contributed by atoms with Crippen LogP contribution in [0.3, 0.4) is 0 Å². The Morgan fingerprint density at radius 1 is 1.26 bits per heavy atom. The van der Waals surface area contributed by atoms with Gasteiger partial charge in [0.25, 0.3) is 0 Å². The number of rotatable bonds is 9. The van der Waals surface area contributed by atoms with Gasteiger partial charge in [0.05, 0.1) is 12.2 Å². The first-order valence-electron chi connectivity index (χ1n) is 9.13. The smallest absolute Gasteiger partial charge is 0.110 e. The maximum absolute atomic E-state index is 6.08. The van der Waals surface area contributed by atoms with Crippen molar-refractivity contribution in [1.82, 2.24) is 0 Å². The zero-order valence-electron chi connectivity index (χ0n) is 15.8. The Kier molecular flexibility index (Phi) is 10.0. The monoisotopic (exact) mass is 434 g/mol. The largest absolute Gasteiger partial charge is 0.374 e. The summed E-state index contributed by atoms with van der Waals surface area (Å²) in [7, 11) is 0. The topological polar surface area (TPSA) is 18.5 Å². The summed E-state index contributed by atoms with van der Waals surface area (Å²) < 4.78 is 11.7. The highest BCUT2D eigenvalue weighted by Crippen LogP contribution is 2.36. The van der Waals surface area contributed by atoms with Crippen LogP contribution in [0.4, 0.5) is 0 Å². The quantitative estimate of drug-likeness (QED) is 0.305. The minimum absolute atomic E-state index is 0.221. The fraction of sp³-hybridized carbons (Fsp3) is 0.800. The Morgan fingerprint density at radius 2 is 1.96 bits per heavy atom. The summed E-state index contributed by atoms with van der Waals surface area (Å²) in [6, 6.07) is 0. The molecule has 1 rings (SSSR count). The fourth-order valence-corrected chi connectivity index (χ4v) is 3.96. The lowest BCUT2D eigenvalue weighted by Gasteiger charge is -2.38. The lowest BCUT2D eigenvalue weighted by molar-refractivity contribution is 0.00581. The van der Waals surface area contributed by atoms with Crippen LogP contribution in [0.25, 0.3) is 0 Å². The van der Waals surface area contributed by atoms with Crippen LogP contribution in [0.5, 0.6) is 0 Å². The van der Waals surface area contributed by atoms with Crippen molar-refractivity contribution in [2.24, 2.45) is 17.8 Å². The molecular weight excluding hydrogens is 399 g/mol. The van der Waals surface area contributed by atoms with Crippen molar-refractivity contribution in [2.45, 2.75) is 79.4 Å². The summed E-state index contributed by atoms with van der Waals surface area (Å²) in [5.74, 6) is 1.76. The summed E-state index contributed by atoms with van der Waals surface area (Å²) in [5.41, 5.74) is 2.88. The van der Waals surface area contributed by atoms with Gasteiger partial charge in [-0.05, 0) is 69.8 Å². The van der Waals surface area contributed by atoms with Crippen LogP contribution in [0.2, 0.25) is 0 Å². The van der Waals surface area contributed by atoms with E-state index in [0.717, 1.165) is 18.9 Å². The summed E-state index contributed by atoms with van der Waals surface area (Å²) in [6.45, 7) is 14.2. The molecule has 5 atom stereocenters. The predicted molar refractivity (Wildman–Crippen MR) is 108 cm³/mol. The van der Waals surface area contributed by atoms with Gasteiger partial charge in [-0.15, -0.1) is 0 Å². The Bertz CT molecular complexity index is 398. The molecule has 0 aromatic heterocycles. The molecular formula is C20H35IO2. The standard InChI is InChI=1S/C20H35IO2/c1-7-22-20-17(6)16(5)19(23-21)13-18(20)12-11-15(4)10-8-9-14(2)3/h9,13,15-17,19-20H,7-8,10-12H2,1-6H3. The van der Waals surface area contributed by atoms with E-state index in [-0.39, 0.29) is 12.2 Å². The van der Waals surface area contributed by atoms with E-state index in [1.54, 1.807) is 0 Å². The zero-order valence-corrected chi connectivity index (χ0v) is 17.9. The summed E-state index contributed by atoms with van der Waals surface area (Å²) in [6.07, 6.45) is 10.0. The zero-order chi connectivity index (χ0) is 17.4. The molecule has 0 saturated carbocycles. The van der Waals surface area contributed by atoms with E-state index in [4.69, 9.17) is 7.80 Å². The Morgan fingerprint density at radius 3 is 2.52 bits per heavy atom. The van der Waals surface area contributed by atoms with Crippen LogP contribution in [0.15, 0.2) is 23.3 Å². The highest BCUT2D eigenvalue weighted by atomic mass is 127. The number of allylic oxidation sites excluding steroid dienone is 2. The number of hydrogen-bond acceptors (Lipinski definition) is 2. The van der Waals surface area contributed by atoms with Gasteiger partial charge in [0.1, 0.15) is 23.0 Å². The van der Waals surface area contributed by atoms with Crippen molar-refractivity contribution in [1.29, 1.82) is 0 Å². The van der Waals surface area contributed by atoms with Gasteiger partial charge in [-0.3, -0.25) is 0 Å². The molecule has 2 nitrogen and oxygen atoms in total. The van der Waals surface area contributed by atoms with Crippen molar-refractivity contribution >= 4 is 23.0 Å². The summed E-state index contributed by atoms with van der Waals surface area (Å²) in [5, 5.41) is 0. The van der Waals surface area contributed by atoms with Gasteiger partial charge in [-0.1, -0.05) is 38.5 Å². The number of ether oxygens (including phenoxy) is 1. The third kappa shape index (κ3) is 6.87. The molecule has 0 N–H and O–H groups in total. The molecule has 3 heteroatoms. The lowest BCUT2D eigenvalue weighted by atomic mass is 9.76. The van der Waals surface area contributed by atoms with Crippen LogP contribution in [0, 0.1) is 17.8 Å². The Hall–Kier alpha value is 0.130. The molecule has 0 aromatic rings. The second-order valence-electron chi connectivity index (χ2n) is 7.39. The Balaban J connectivity index is 2.64. The van der Waals surface area contributed by atoms with E-state index in [1.807, 2.05) is 23.0 Å². The van der Waals surface area contributed by atoms with E-state index in [0.29, 0.717) is 11.8 Å². The minimum atomic E-state index is 0.221. The van der Waals surface area contributed by atoms with Gasteiger partial charge in [-0.2, -0.15) is 0 Å². The summed E-state index contributed by atoms with van der Waals surface area (Å²) >= 11 is 2.04. The molecule has 1 aliphatic rings. The molecule has 0 aromatic carbocycles. The molecule has 1 aliphatic carbocycles. The first kappa shape index (κ1) is 21.2. The van der Waals surface area contributed by atoms with Gasteiger partial charge in [0, 0.05) is 6.61 Å². The first-order chi connectivity index (χ1) is 10.9. The molecule has 23 heavy (non-hydrogen) atoms. The van der Waals surface area contributed by atoms with E-state index < -0.39 is 0 Å². The van der Waals surface area contributed by atoms with E-state index in [2.05, 4.69) is 53.7 Å². The van der Waals surface area contributed by atoms with Crippen molar-refractivity contribution in [3.63, 3.8) is 0 Å². The molecule has 134 valence electrons. The van der Waals surface area contributed by atoms with E-state index in [1.165, 1.54) is 30.4 Å². The molecule has 0 bridgehead atoms.